The van der Waals surface area contributed by atoms with E-state index in [0.717, 1.165) is 12.1 Å². The Morgan fingerprint density at radius 2 is 1.72 bits per heavy atom. The van der Waals surface area contributed by atoms with Gasteiger partial charge in [-0.05, 0) is 37.6 Å². The zero-order chi connectivity index (χ0) is 23.3. The summed E-state index contributed by atoms with van der Waals surface area (Å²) in [6, 6.07) is 7.56. The molecule has 170 valence electrons. The topological polar surface area (TPSA) is 76.7 Å². The second-order valence-electron chi connectivity index (χ2n) is 8.50. The van der Waals surface area contributed by atoms with Crippen LogP contribution in [0.15, 0.2) is 47.4 Å². The van der Waals surface area contributed by atoms with Gasteiger partial charge in [-0.3, -0.25) is 14.4 Å². The zero-order valence-corrected chi connectivity index (χ0v) is 17.6. The third kappa shape index (κ3) is 3.74. The minimum atomic E-state index is -4.45. The molecule has 2 fully saturated rings. The third-order valence-corrected chi connectivity index (χ3v) is 6.06. The lowest BCUT2D eigenvalue weighted by Gasteiger charge is -2.59. The summed E-state index contributed by atoms with van der Waals surface area (Å²) in [6.45, 7) is 4.01. The van der Waals surface area contributed by atoms with Crippen LogP contribution >= 0.6 is 0 Å². The number of aromatic amines is 1. The summed E-state index contributed by atoms with van der Waals surface area (Å²) in [5.41, 5.74) is -1.04. The lowest BCUT2D eigenvalue weighted by molar-refractivity contribution is -0.170. The van der Waals surface area contributed by atoms with Crippen LogP contribution in [0.3, 0.4) is 0 Å². The van der Waals surface area contributed by atoms with Crippen molar-refractivity contribution >= 4 is 17.5 Å². The Hall–Kier alpha value is -3.30. The number of carbonyl (C=O) groups is 2. The summed E-state index contributed by atoms with van der Waals surface area (Å²) in [5.74, 6) is -0.455. The highest BCUT2D eigenvalue weighted by Gasteiger charge is 2.59. The number of H-pyrrole nitrogens is 1. The van der Waals surface area contributed by atoms with E-state index in [1.54, 1.807) is 6.07 Å². The van der Waals surface area contributed by atoms with Crippen molar-refractivity contribution in [2.45, 2.75) is 38.1 Å². The summed E-state index contributed by atoms with van der Waals surface area (Å²) >= 11 is 0. The van der Waals surface area contributed by atoms with Gasteiger partial charge in [0.25, 0.3) is 5.91 Å². The molecule has 0 radical (unpaired) electrons. The van der Waals surface area contributed by atoms with Crippen molar-refractivity contribution in [3.8, 4) is 0 Å². The summed E-state index contributed by atoms with van der Waals surface area (Å²) in [7, 11) is 0. The monoisotopic (exact) mass is 448 g/mol. The molecule has 2 aliphatic rings. The van der Waals surface area contributed by atoms with E-state index in [1.807, 2.05) is 18.7 Å². The molecule has 32 heavy (non-hydrogen) atoms. The number of hydrogen-bond donors (Lipinski definition) is 1. The molecule has 4 rings (SSSR count). The average molecular weight is 448 g/mol. The number of hydrogen-bond acceptors (Lipinski definition) is 4. The lowest BCUT2D eigenvalue weighted by Crippen LogP contribution is -2.81. The van der Waals surface area contributed by atoms with E-state index in [4.69, 9.17) is 0 Å². The number of carbonyl (C=O) groups excluding carboxylic acids is 2. The first-order valence-corrected chi connectivity index (χ1v) is 10.2. The van der Waals surface area contributed by atoms with Gasteiger partial charge in [0, 0.05) is 30.5 Å². The summed E-state index contributed by atoms with van der Waals surface area (Å²) in [6.07, 6.45) is -2.94. The number of rotatable bonds is 4. The van der Waals surface area contributed by atoms with Gasteiger partial charge in [0.05, 0.1) is 18.7 Å². The smallest absolute Gasteiger partial charge is 0.365 e. The molecule has 0 aliphatic carbocycles. The van der Waals surface area contributed by atoms with Crippen LogP contribution in [0.4, 0.5) is 18.9 Å². The number of nitrogens with zero attached hydrogens (tertiary/aromatic N) is 3. The number of anilines is 1. The first-order valence-electron chi connectivity index (χ1n) is 10.2. The predicted octanol–water partition coefficient (Wildman–Crippen LogP) is 2.23. The second kappa shape index (κ2) is 7.68. The van der Waals surface area contributed by atoms with Crippen LogP contribution in [-0.4, -0.2) is 57.8 Å². The van der Waals surface area contributed by atoms with Crippen molar-refractivity contribution in [2.75, 3.05) is 24.5 Å². The van der Waals surface area contributed by atoms with Gasteiger partial charge >= 0.3 is 6.18 Å². The maximum absolute atomic E-state index is 13.4. The Kier molecular flexibility index (Phi) is 5.26. The van der Waals surface area contributed by atoms with Crippen LogP contribution in [0, 0.1) is 0 Å². The van der Waals surface area contributed by atoms with E-state index in [9.17, 15) is 27.6 Å². The standard InChI is InChI=1S/C22H23F3N4O3/c1-14(2)28-11-19(31)29(10-15-3-5-16(6-4-15)22(23,24)25)21(20(28)32)12-27(13-21)17-7-8-26-18(30)9-17/h3-9,14H,10-13H2,1-2H3,(H,26,30). The molecule has 2 aliphatic heterocycles. The average Bonchev–Trinajstić information content (AvgIpc) is 2.69. The van der Waals surface area contributed by atoms with Gasteiger partial charge in [0.1, 0.15) is 6.54 Å². The molecule has 0 unspecified atom stereocenters. The SMILES string of the molecule is CC(C)N1CC(=O)N(Cc2ccc(C(F)(F)F)cc2)C2(CN(c3cc[nH]c(=O)c3)C2)C1=O. The maximum atomic E-state index is 13.4. The third-order valence-electron chi connectivity index (χ3n) is 6.06. The zero-order valence-electron chi connectivity index (χ0n) is 17.6. The molecular formula is C22H23F3N4O3. The summed E-state index contributed by atoms with van der Waals surface area (Å²) < 4.78 is 38.7. The van der Waals surface area contributed by atoms with Gasteiger partial charge in [-0.25, -0.2) is 0 Å². The van der Waals surface area contributed by atoms with Crippen LogP contribution < -0.4 is 10.5 Å². The van der Waals surface area contributed by atoms with Crippen molar-refractivity contribution in [1.29, 1.82) is 0 Å². The van der Waals surface area contributed by atoms with Crippen LogP contribution in [0.2, 0.25) is 0 Å². The van der Waals surface area contributed by atoms with Gasteiger partial charge in [-0.15, -0.1) is 0 Å². The first kappa shape index (κ1) is 21.9. The number of piperazine rings is 1. The van der Waals surface area contributed by atoms with Crippen molar-refractivity contribution in [3.63, 3.8) is 0 Å². The fourth-order valence-electron chi connectivity index (χ4n) is 4.27. The van der Waals surface area contributed by atoms with Crippen molar-refractivity contribution in [2.24, 2.45) is 0 Å². The molecule has 2 aromatic rings. The number of pyridine rings is 1. The van der Waals surface area contributed by atoms with Crippen LogP contribution in [-0.2, 0) is 22.3 Å². The largest absolute Gasteiger partial charge is 0.416 e. The Morgan fingerprint density at radius 3 is 2.28 bits per heavy atom. The molecule has 2 amide bonds. The van der Waals surface area contributed by atoms with Gasteiger partial charge in [-0.2, -0.15) is 13.2 Å². The molecule has 1 aromatic carbocycles. The van der Waals surface area contributed by atoms with E-state index < -0.39 is 17.3 Å². The van der Waals surface area contributed by atoms with E-state index in [-0.39, 0.29) is 49.6 Å². The number of amides is 2. The number of nitrogens with one attached hydrogen (secondary N) is 1. The summed E-state index contributed by atoms with van der Waals surface area (Å²) in [4.78, 5) is 45.5. The van der Waals surface area contributed by atoms with Crippen molar-refractivity contribution < 1.29 is 22.8 Å². The highest BCUT2D eigenvalue weighted by atomic mass is 19.4. The van der Waals surface area contributed by atoms with Gasteiger partial charge in [0.15, 0.2) is 5.54 Å². The van der Waals surface area contributed by atoms with Crippen molar-refractivity contribution in [1.82, 2.24) is 14.8 Å². The molecule has 10 heteroatoms. The maximum Gasteiger partial charge on any atom is 0.416 e. The number of halogens is 3. The van der Waals surface area contributed by atoms with Gasteiger partial charge < -0.3 is 19.7 Å². The highest BCUT2D eigenvalue weighted by molar-refractivity contribution is 6.00. The van der Waals surface area contributed by atoms with Crippen LogP contribution in [0.1, 0.15) is 25.0 Å². The van der Waals surface area contributed by atoms with Gasteiger partial charge in [0.2, 0.25) is 11.5 Å². The normalized spacial score (nSPS) is 18.5. The van der Waals surface area contributed by atoms with E-state index >= 15 is 0 Å². The fourth-order valence-corrected chi connectivity index (χ4v) is 4.27. The fraction of sp³-hybridized carbons (Fsp3) is 0.409. The first-order chi connectivity index (χ1) is 15.0. The lowest BCUT2D eigenvalue weighted by atomic mass is 9.82. The van der Waals surface area contributed by atoms with E-state index in [1.165, 1.54) is 34.2 Å². The van der Waals surface area contributed by atoms with E-state index in [2.05, 4.69) is 4.98 Å². The Morgan fingerprint density at radius 1 is 1.06 bits per heavy atom. The molecule has 0 bridgehead atoms. The molecule has 1 aromatic heterocycles. The van der Waals surface area contributed by atoms with Crippen LogP contribution in [0.5, 0.6) is 0 Å². The minimum absolute atomic E-state index is 0.0257. The molecule has 3 heterocycles. The number of benzene rings is 1. The molecule has 0 atom stereocenters. The van der Waals surface area contributed by atoms with Gasteiger partial charge in [-0.1, -0.05) is 12.1 Å². The molecule has 0 saturated carbocycles. The molecule has 7 nitrogen and oxygen atoms in total. The highest BCUT2D eigenvalue weighted by Crippen LogP contribution is 2.38. The molecule has 1 N–H and O–H groups in total. The summed E-state index contributed by atoms with van der Waals surface area (Å²) in [5, 5.41) is 0. The van der Waals surface area contributed by atoms with Crippen molar-refractivity contribution in [3.05, 3.63) is 64.1 Å². The predicted molar refractivity (Wildman–Crippen MR) is 111 cm³/mol. The molecule has 2 saturated heterocycles. The Bertz CT molecular complexity index is 1090. The van der Waals surface area contributed by atoms with Crippen LogP contribution in [0.25, 0.3) is 0 Å². The minimum Gasteiger partial charge on any atom is -0.365 e. The number of alkyl halides is 3. The molecular weight excluding hydrogens is 425 g/mol. The quantitative estimate of drug-likeness (QED) is 0.779. The van der Waals surface area contributed by atoms with E-state index in [0.29, 0.717) is 11.3 Å². The second-order valence-corrected chi connectivity index (χ2v) is 8.50. The number of aromatic nitrogens is 1. The Labute approximate surface area is 182 Å². The molecule has 1 spiro atoms. The Balaban J connectivity index is 1.63.